The van der Waals surface area contributed by atoms with E-state index in [9.17, 15) is 8.42 Å². The molecule has 0 radical (unpaired) electrons. The zero-order valence-electron chi connectivity index (χ0n) is 11.7. The average Bonchev–Trinajstić information content (AvgIpc) is 2.36. The summed E-state index contributed by atoms with van der Waals surface area (Å²) in [5.74, 6) is 0. The van der Waals surface area contributed by atoms with Gasteiger partial charge in [-0.2, -0.15) is 8.42 Å². The van der Waals surface area contributed by atoms with Crippen LogP contribution in [0.2, 0.25) is 0 Å². The largest absolute Gasteiger partial charge is 0.384 e. The number of hydrogen-bond acceptors (Lipinski definition) is 4. The number of hydrogen-bond donors (Lipinski definition) is 3. The van der Waals surface area contributed by atoms with Crippen molar-refractivity contribution in [2.75, 3.05) is 39.9 Å². The third kappa shape index (κ3) is 6.87. The van der Waals surface area contributed by atoms with Crippen molar-refractivity contribution in [1.29, 1.82) is 0 Å². The van der Waals surface area contributed by atoms with Gasteiger partial charge in [0.25, 0.3) is 10.2 Å². The van der Waals surface area contributed by atoms with Gasteiger partial charge in [0, 0.05) is 25.6 Å². The van der Waals surface area contributed by atoms with E-state index in [1.807, 2.05) is 6.92 Å². The van der Waals surface area contributed by atoms with Crippen molar-refractivity contribution in [2.45, 2.75) is 26.2 Å². The van der Waals surface area contributed by atoms with Crippen molar-refractivity contribution in [3.05, 3.63) is 0 Å². The summed E-state index contributed by atoms with van der Waals surface area (Å²) in [5, 5.41) is 3.28. The summed E-state index contributed by atoms with van der Waals surface area (Å²) in [7, 11) is -1.72. The molecule has 0 aromatic rings. The van der Waals surface area contributed by atoms with Gasteiger partial charge in [-0.15, -0.1) is 12.4 Å². The molecule has 1 aliphatic heterocycles. The summed E-state index contributed by atoms with van der Waals surface area (Å²) in [6.45, 7) is 5.24. The summed E-state index contributed by atoms with van der Waals surface area (Å²) < 4.78 is 33.8. The Hall–Kier alpha value is 0.0800. The lowest BCUT2D eigenvalue weighted by atomic mass is 9.80. The Kier molecular flexibility index (Phi) is 9.13. The van der Waals surface area contributed by atoms with E-state index in [1.54, 1.807) is 7.11 Å². The second-order valence-electron chi connectivity index (χ2n) is 4.90. The van der Waals surface area contributed by atoms with E-state index in [4.69, 9.17) is 4.74 Å². The third-order valence-corrected chi connectivity index (χ3v) is 4.40. The van der Waals surface area contributed by atoms with Crippen LogP contribution in [-0.2, 0) is 14.9 Å². The predicted octanol–water partition coefficient (Wildman–Crippen LogP) is 0.258. The highest BCUT2D eigenvalue weighted by atomic mass is 35.5. The molecule has 1 saturated heterocycles. The van der Waals surface area contributed by atoms with E-state index in [1.165, 1.54) is 0 Å². The average molecular weight is 316 g/mol. The van der Waals surface area contributed by atoms with Gasteiger partial charge in [0.15, 0.2) is 0 Å². The van der Waals surface area contributed by atoms with Gasteiger partial charge in [-0.05, 0) is 32.4 Å². The molecule has 0 aromatic heterocycles. The van der Waals surface area contributed by atoms with Crippen molar-refractivity contribution in [3.8, 4) is 0 Å². The van der Waals surface area contributed by atoms with Crippen molar-refractivity contribution in [3.63, 3.8) is 0 Å². The molecule has 8 heteroatoms. The molecule has 1 aliphatic rings. The Bertz CT molecular complexity index is 327. The highest BCUT2D eigenvalue weighted by molar-refractivity contribution is 7.87. The van der Waals surface area contributed by atoms with Gasteiger partial charge >= 0.3 is 0 Å². The molecule has 0 saturated carbocycles. The molecular formula is C11H26ClN3O3S. The molecule has 0 bridgehead atoms. The van der Waals surface area contributed by atoms with Gasteiger partial charge in [-0.25, -0.2) is 9.44 Å². The molecule has 0 amide bonds. The van der Waals surface area contributed by atoms with Crippen LogP contribution in [0, 0.1) is 5.41 Å². The Labute approximate surface area is 122 Å². The van der Waals surface area contributed by atoms with Crippen molar-refractivity contribution < 1.29 is 13.2 Å². The summed E-state index contributed by atoms with van der Waals surface area (Å²) >= 11 is 0. The molecule has 1 heterocycles. The summed E-state index contributed by atoms with van der Waals surface area (Å²) in [6.07, 6.45) is 2.64. The van der Waals surface area contributed by atoms with Crippen LogP contribution in [0.3, 0.4) is 0 Å². The van der Waals surface area contributed by atoms with Gasteiger partial charge in [-0.3, -0.25) is 0 Å². The SMILES string of the molecule is CCCNS(=O)(=O)NCC1(COC)CCNCC1.Cl. The van der Waals surface area contributed by atoms with E-state index in [-0.39, 0.29) is 17.8 Å². The fourth-order valence-corrected chi connectivity index (χ4v) is 3.24. The van der Waals surface area contributed by atoms with Crippen molar-refractivity contribution in [2.24, 2.45) is 5.41 Å². The van der Waals surface area contributed by atoms with Crippen molar-refractivity contribution >= 4 is 22.6 Å². The van der Waals surface area contributed by atoms with Crippen LogP contribution in [0.25, 0.3) is 0 Å². The molecule has 19 heavy (non-hydrogen) atoms. The van der Waals surface area contributed by atoms with Gasteiger partial charge in [0.2, 0.25) is 0 Å². The van der Waals surface area contributed by atoms with E-state index >= 15 is 0 Å². The summed E-state index contributed by atoms with van der Waals surface area (Å²) in [4.78, 5) is 0. The Balaban J connectivity index is 0.00000324. The predicted molar refractivity (Wildman–Crippen MR) is 78.9 cm³/mol. The first-order valence-corrected chi connectivity index (χ1v) is 7.96. The Morgan fingerprint density at radius 1 is 1.26 bits per heavy atom. The van der Waals surface area contributed by atoms with Crippen molar-refractivity contribution in [1.82, 2.24) is 14.8 Å². The molecule has 6 nitrogen and oxygen atoms in total. The zero-order chi connectivity index (χ0) is 13.5. The quantitative estimate of drug-likeness (QED) is 0.600. The number of methoxy groups -OCH3 is 1. The van der Waals surface area contributed by atoms with E-state index in [2.05, 4.69) is 14.8 Å². The second-order valence-corrected chi connectivity index (χ2v) is 6.49. The van der Waals surface area contributed by atoms with Crippen LogP contribution in [0.1, 0.15) is 26.2 Å². The maximum Gasteiger partial charge on any atom is 0.276 e. The van der Waals surface area contributed by atoms with Crippen LogP contribution in [0.5, 0.6) is 0 Å². The molecule has 0 unspecified atom stereocenters. The van der Waals surface area contributed by atoms with Gasteiger partial charge in [0.05, 0.1) is 6.61 Å². The molecule has 116 valence electrons. The molecule has 1 rings (SSSR count). The van der Waals surface area contributed by atoms with Gasteiger partial charge in [-0.1, -0.05) is 6.92 Å². The fraction of sp³-hybridized carbons (Fsp3) is 1.00. The minimum atomic E-state index is -3.38. The highest BCUT2D eigenvalue weighted by Crippen LogP contribution is 2.28. The lowest BCUT2D eigenvalue weighted by molar-refractivity contribution is 0.0576. The van der Waals surface area contributed by atoms with Crippen LogP contribution >= 0.6 is 12.4 Å². The number of piperidine rings is 1. The van der Waals surface area contributed by atoms with Crippen LogP contribution in [-0.4, -0.2) is 48.3 Å². The zero-order valence-corrected chi connectivity index (χ0v) is 13.3. The van der Waals surface area contributed by atoms with Crippen LogP contribution in [0.4, 0.5) is 0 Å². The van der Waals surface area contributed by atoms with E-state index in [0.29, 0.717) is 19.7 Å². The Morgan fingerprint density at radius 2 is 1.89 bits per heavy atom. The smallest absolute Gasteiger partial charge is 0.276 e. The molecule has 0 atom stereocenters. The topological polar surface area (TPSA) is 79.5 Å². The monoisotopic (exact) mass is 315 g/mol. The minimum absolute atomic E-state index is 0. The summed E-state index contributed by atoms with van der Waals surface area (Å²) in [6, 6.07) is 0. The highest BCUT2D eigenvalue weighted by Gasteiger charge is 2.33. The lowest BCUT2D eigenvalue weighted by Gasteiger charge is -2.37. The second kappa shape index (κ2) is 9.10. The van der Waals surface area contributed by atoms with Crippen LogP contribution in [0.15, 0.2) is 0 Å². The maximum atomic E-state index is 11.7. The molecule has 3 N–H and O–H groups in total. The number of nitrogens with one attached hydrogen (secondary N) is 3. The van der Waals surface area contributed by atoms with Crippen LogP contribution < -0.4 is 14.8 Å². The molecule has 0 spiro atoms. The molecule has 0 aliphatic carbocycles. The first kappa shape index (κ1) is 19.1. The summed E-state index contributed by atoms with van der Waals surface area (Å²) in [5.41, 5.74) is -0.0824. The third-order valence-electron chi connectivity index (χ3n) is 3.29. The van der Waals surface area contributed by atoms with E-state index < -0.39 is 10.2 Å². The first-order chi connectivity index (χ1) is 8.54. The Morgan fingerprint density at radius 3 is 2.42 bits per heavy atom. The van der Waals surface area contributed by atoms with Gasteiger partial charge < -0.3 is 10.1 Å². The first-order valence-electron chi connectivity index (χ1n) is 6.47. The molecule has 1 fully saturated rings. The minimum Gasteiger partial charge on any atom is -0.384 e. The van der Waals surface area contributed by atoms with E-state index in [0.717, 1.165) is 32.4 Å². The standard InChI is InChI=1S/C11H25N3O3S.ClH/c1-3-6-13-18(15,16)14-9-11(10-17-2)4-7-12-8-5-11;/h12-14H,3-10H2,1-2H3;1H. The fourth-order valence-electron chi connectivity index (χ4n) is 2.17. The maximum absolute atomic E-state index is 11.7. The number of halogens is 1. The lowest BCUT2D eigenvalue weighted by Crippen LogP contribution is -2.49. The molecule has 0 aromatic carbocycles. The normalized spacial score (nSPS) is 18.8. The number of rotatable bonds is 8. The molecular weight excluding hydrogens is 290 g/mol. The number of ether oxygens (including phenoxy) is 1. The van der Waals surface area contributed by atoms with Gasteiger partial charge in [0.1, 0.15) is 0 Å².